The molecule has 1 fully saturated rings. The zero-order valence-electron chi connectivity index (χ0n) is 12.0. The van der Waals surface area contributed by atoms with Crippen LogP contribution in [0.25, 0.3) is 11.0 Å². The number of fused-ring (bicyclic) bond motifs is 1. The number of likely N-dealkylation sites (N-methyl/N-ethyl adjacent to an activating group) is 1. The Hall–Kier alpha value is -1.20. The zero-order chi connectivity index (χ0) is 14.3. The predicted molar refractivity (Wildman–Crippen MR) is 86.1 cm³/mol. The fraction of sp³-hybridized carbons (Fsp3) is 0.467. The van der Waals surface area contributed by atoms with Gasteiger partial charge >= 0.3 is 0 Å². The van der Waals surface area contributed by atoms with E-state index in [4.69, 9.17) is 0 Å². The molecule has 0 radical (unpaired) electrons. The summed E-state index contributed by atoms with van der Waals surface area (Å²) >= 11 is 3.46. The Kier molecular flexibility index (Phi) is 3.65. The number of pyridine rings is 2. The van der Waals surface area contributed by atoms with Crippen molar-refractivity contribution in [2.75, 3.05) is 25.0 Å². The molecule has 0 aromatic carbocycles. The van der Waals surface area contributed by atoms with Gasteiger partial charge in [0.25, 0.3) is 0 Å². The minimum absolute atomic E-state index is 0.539. The largest absolute Gasteiger partial charge is 0.367 e. The van der Waals surface area contributed by atoms with Gasteiger partial charge < -0.3 is 4.90 Å². The zero-order valence-corrected chi connectivity index (χ0v) is 13.6. The normalized spacial score (nSPS) is 24.3. The summed E-state index contributed by atoms with van der Waals surface area (Å²) in [5.74, 6) is 0. The third-order valence-electron chi connectivity index (χ3n) is 4.22. The number of hydrogen-bond acceptors (Lipinski definition) is 4. The lowest BCUT2D eigenvalue weighted by atomic mass is 10.1. The molecule has 0 bridgehead atoms. The Labute approximate surface area is 127 Å². The van der Waals surface area contributed by atoms with Gasteiger partial charge in [-0.2, -0.15) is 0 Å². The molecule has 1 aliphatic heterocycles. The third-order valence-corrected chi connectivity index (χ3v) is 4.66. The monoisotopic (exact) mass is 334 g/mol. The molecule has 2 aromatic rings. The molecule has 0 spiro atoms. The van der Waals surface area contributed by atoms with E-state index in [1.165, 1.54) is 5.69 Å². The van der Waals surface area contributed by atoms with E-state index in [1.807, 2.05) is 18.5 Å². The van der Waals surface area contributed by atoms with Crippen LogP contribution in [0, 0.1) is 0 Å². The van der Waals surface area contributed by atoms with Crippen molar-refractivity contribution in [1.82, 2.24) is 14.9 Å². The minimum Gasteiger partial charge on any atom is -0.367 e. The predicted octanol–water partition coefficient (Wildman–Crippen LogP) is 2.92. The number of rotatable bonds is 1. The van der Waals surface area contributed by atoms with Gasteiger partial charge in [0.05, 0.1) is 11.2 Å². The topological polar surface area (TPSA) is 32.3 Å². The van der Waals surface area contributed by atoms with Crippen molar-refractivity contribution >= 4 is 32.7 Å². The van der Waals surface area contributed by atoms with E-state index in [-0.39, 0.29) is 0 Å². The standard InChI is InChI=1S/C15H19BrN4/c1-10-8-20(9-11(2)19(10)3)14-4-5-17-13-6-12(16)7-18-15(13)14/h4-7,10-11H,8-9H2,1-3H3. The summed E-state index contributed by atoms with van der Waals surface area (Å²) in [6, 6.07) is 5.18. The number of piperazine rings is 1. The molecule has 2 atom stereocenters. The molecule has 4 nitrogen and oxygen atoms in total. The van der Waals surface area contributed by atoms with Crippen LogP contribution in [0.15, 0.2) is 29.0 Å². The smallest absolute Gasteiger partial charge is 0.112 e. The summed E-state index contributed by atoms with van der Waals surface area (Å²) in [5.41, 5.74) is 3.12. The fourth-order valence-electron chi connectivity index (χ4n) is 2.85. The van der Waals surface area contributed by atoms with Gasteiger partial charge in [-0.3, -0.25) is 14.9 Å². The molecule has 3 rings (SSSR count). The molecule has 0 amide bonds. The lowest BCUT2D eigenvalue weighted by molar-refractivity contribution is 0.170. The second kappa shape index (κ2) is 5.30. The van der Waals surface area contributed by atoms with Crippen LogP contribution < -0.4 is 4.90 Å². The average molecular weight is 335 g/mol. The van der Waals surface area contributed by atoms with Crippen molar-refractivity contribution < 1.29 is 0 Å². The second-order valence-electron chi connectivity index (χ2n) is 5.62. The van der Waals surface area contributed by atoms with Crippen LogP contribution in [-0.2, 0) is 0 Å². The highest BCUT2D eigenvalue weighted by Gasteiger charge is 2.27. The quantitative estimate of drug-likeness (QED) is 0.802. The fourth-order valence-corrected chi connectivity index (χ4v) is 3.17. The van der Waals surface area contributed by atoms with E-state index in [2.05, 4.69) is 62.7 Å². The molecule has 20 heavy (non-hydrogen) atoms. The number of nitrogens with zero attached hydrogens (tertiary/aromatic N) is 4. The highest BCUT2D eigenvalue weighted by molar-refractivity contribution is 9.10. The summed E-state index contributed by atoms with van der Waals surface area (Å²) in [6.45, 7) is 6.60. The molecule has 0 saturated carbocycles. The van der Waals surface area contributed by atoms with E-state index in [1.54, 1.807) is 0 Å². The third kappa shape index (κ3) is 2.40. The maximum absolute atomic E-state index is 4.56. The number of halogens is 1. The van der Waals surface area contributed by atoms with Gasteiger partial charge in [0.15, 0.2) is 0 Å². The highest BCUT2D eigenvalue weighted by Crippen LogP contribution is 2.28. The lowest BCUT2D eigenvalue weighted by Gasteiger charge is -2.43. The van der Waals surface area contributed by atoms with Crippen LogP contribution in [0.2, 0.25) is 0 Å². The van der Waals surface area contributed by atoms with Crippen molar-refractivity contribution in [3.63, 3.8) is 0 Å². The van der Waals surface area contributed by atoms with Gasteiger partial charge in [-0.25, -0.2) is 0 Å². The SMILES string of the molecule is CC1CN(c2ccnc3cc(Br)cnc23)CC(C)N1C. The minimum atomic E-state index is 0.539. The summed E-state index contributed by atoms with van der Waals surface area (Å²) < 4.78 is 0.967. The molecular formula is C15H19BrN4. The molecule has 106 valence electrons. The molecule has 0 N–H and O–H groups in total. The maximum atomic E-state index is 4.56. The van der Waals surface area contributed by atoms with Crippen LogP contribution in [0.4, 0.5) is 5.69 Å². The number of hydrogen-bond donors (Lipinski definition) is 0. The molecule has 2 aromatic heterocycles. The Morgan fingerprint density at radius 3 is 2.60 bits per heavy atom. The molecule has 0 aliphatic carbocycles. The number of aromatic nitrogens is 2. The van der Waals surface area contributed by atoms with Crippen LogP contribution in [0.1, 0.15) is 13.8 Å². The van der Waals surface area contributed by atoms with E-state index in [0.717, 1.165) is 28.6 Å². The van der Waals surface area contributed by atoms with Crippen LogP contribution in [0.3, 0.4) is 0 Å². The Balaban J connectivity index is 2.02. The summed E-state index contributed by atoms with van der Waals surface area (Å²) in [4.78, 5) is 13.8. The van der Waals surface area contributed by atoms with E-state index in [9.17, 15) is 0 Å². The van der Waals surface area contributed by atoms with Gasteiger partial charge in [-0.1, -0.05) is 0 Å². The Morgan fingerprint density at radius 2 is 1.90 bits per heavy atom. The highest BCUT2D eigenvalue weighted by atomic mass is 79.9. The average Bonchev–Trinajstić information content (AvgIpc) is 2.43. The Morgan fingerprint density at radius 1 is 1.20 bits per heavy atom. The van der Waals surface area contributed by atoms with Crippen LogP contribution >= 0.6 is 15.9 Å². The number of anilines is 1. The van der Waals surface area contributed by atoms with Crippen molar-refractivity contribution in [2.45, 2.75) is 25.9 Å². The molecule has 5 heteroatoms. The van der Waals surface area contributed by atoms with Gasteiger partial charge in [-0.15, -0.1) is 0 Å². The summed E-state index contributed by atoms with van der Waals surface area (Å²) in [7, 11) is 2.20. The first-order valence-corrected chi connectivity index (χ1v) is 7.72. The van der Waals surface area contributed by atoms with Crippen LogP contribution in [-0.4, -0.2) is 47.1 Å². The van der Waals surface area contributed by atoms with E-state index < -0.39 is 0 Å². The lowest BCUT2D eigenvalue weighted by Crippen LogP contribution is -2.55. The summed E-state index contributed by atoms with van der Waals surface area (Å²) in [6.07, 6.45) is 3.72. The molecule has 3 heterocycles. The first kappa shape index (κ1) is 13.8. The van der Waals surface area contributed by atoms with Gasteiger partial charge in [0, 0.05) is 42.0 Å². The molecule has 1 aliphatic rings. The first-order valence-electron chi connectivity index (χ1n) is 6.93. The van der Waals surface area contributed by atoms with Gasteiger partial charge in [-0.05, 0) is 49.0 Å². The first-order chi connectivity index (χ1) is 9.56. The van der Waals surface area contributed by atoms with Crippen molar-refractivity contribution in [3.05, 3.63) is 29.0 Å². The van der Waals surface area contributed by atoms with E-state index >= 15 is 0 Å². The van der Waals surface area contributed by atoms with Gasteiger partial charge in [0.2, 0.25) is 0 Å². The summed E-state index contributed by atoms with van der Waals surface area (Å²) in [5, 5.41) is 0. The van der Waals surface area contributed by atoms with Gasteiger partial charge in [0.1, 0.15) is 5.52 Å². The molecule has 1 saturated heterocycles. The second-order valence-corrected chi connectivity index (χ2v) is 6.54. The van der Waals surface area contributed by atoms with Crippen LogP contribution in [0.5, 0.6) is 0 Å². The van der Waals surface area contributed by atoms with Crippen molar-refractivity contribution in [1.29, 1.82) is 0 Å². The molecular weight excluding hydrogens is 316 g/mol. The van der Waals surface area contributed by atoms with Crippen molar-refractivity contribution in [3.8, 4) is 0 Å². The molecule has 2 unspecified atom stereocenters. The van der Waals surface area contributed by atoms with E-state index in [0.29, 0.717) is 12.1 Å². The Bertz CT molecular complexity index is 618. The van der Waals surface area contributed by atoms with Crippen molar-refractivity contribution in [2.24, 2.45) is 0 Å². The maximum Gasteiger partial charge on any atom is 0.112 e.